The minimum Gasteiger partial charge on any atom is -0.459 e. The molecule has 0 unspecified atom stereocenters. The van der Waals surface area contributed by atoms with Gasteiger partial charge in [-0.1, -0.05) is 0 Å². The van der Waals surface area contributed by atoms with Crippen molar-refractivity contribution < 1.29 is 19.0 Å². The summed E-state index contributed by atoms with van der Waals surface area (Å²) in [5, 5.41) is 0. The predicted octanol–water partition coefficient (Wildman–Crippen LogP) is 0.807. The monoisotopic (exact) mass is 242 g/mol. The Balaban J connectivity index is 2.05. The van der Waals surface area contributed by atoms with Crippen LogP contribution in [-0.2, 0) is 14.2 Å². The van der Waals surface area contributed by atoms with Crippen LogP contribution in [0.15, 0.2) is 12.3 Å². The lowest BCUT2D eigenvalue weighted by atomic mass is 10.4. The minimum absolute atomic E-state index is 0.227. The molecular formula is C11H18N2O4. The Labute approximate surface area is 100 Å². The number of methoxy groups -OCH3 is 1. The maximum absolute atomic E-state index is 11.4. The Morgan fingerprint density at radius 1 is 1.35 bits per heavy atom. The van der Waals surface area contributed by atoms with E-state index in [0.717, 1.165) is 6.42 Å². The molecule has 0 saturated carbocycles. The first kappa shape index (κ1) is 13.5. The van der Waals surface area contributed by atoms with Crippen LogP contribution in [0, 0.1) is 0 Å². The van der Waals surface area contributed by atoms with Gasteiger partial charge in [-0.3, -0.25) is 0 Å². The molecular weight excluding hydrogens is 224 g/mol. The first-order valence-electron chi connectivity index (χ1n) is 5.41. The van der Waals surface area contributed by atoms with Crippen molar-refractivity contribution in [2.24, 2.45) is 0 Å². The summed E-state index contributed by atoms with van der Waals surface area (Å²) in [5.74, 6) is -0.429. The number of esters is 1. The third-order valence-corrected chi connectivity index (χ3v) is 2.02. The van der Waals surface area contributed by atoms with Gasteiger partial charge in [0, 0.05) is 26.5 Å². The van der Waals surface area contributed by atoms with Crippen LogP contribution in [-0.4, -0.2) is 44.5 Å². The third-order valence-electron chi connectivity index (χ3n) is 2.02. The molecule has 0 amide bonds. The number of nitrogen functional groups attached to an aromatic ring is 1. The molecule has 0 aromatic carbocycles. The van der Waals surface area contributed by atoms with Crippen LogP contribution in [0.1, 0.15) is 16.9 Å². The average molecular weight is 242 g/mol. The zero-order valence-electron chi connectivity index (χ0n) is 9.90. The zero-order chi connectivity index (χ0) is 12.5. The number of hydrogen-bond donors (Lipinski definition) is 2. The number of carbonyl (C=O) groups is 1. The summed E-state index contributed by atoms with van der Waals surface area (Å²) in [6.07, 6.45) is 2.37. The number of nitrogens with one attached hydrogen (secondary N) is 1. The van der Waals surface area contributed by atoms with Gasteiger partial charge < -0.3 is 24.9 Å². The molecule has 0 aliphatic heterocycles. The number of H-pyrrole nitrogens is 1. The summed E-state index contributed by atoms with van der Waals surface area (Å²) < 4.78 is 15.1. The molecule has 0 atom stereocenters. The van der Waals surface area contributed by atoms with Gasteiger partial charge in [0.05, 0.1) is 12.3 Å². The summed E-state index contributed by atoms with van der Waals surface area (Å²) in [7, 11) is 1.64. The molecule has 17 heavy (non-hydrogen) atoms. The van der Waals surface area contributed by atoms with E-state index in [1.54, 1.807) is 7.11 Å². The van der Waals surface area contributed by atoms with Crippen LogP contribution in [0.25, 0.3) is 0 Å². The standard InChI is InChI=1S/C11H18N2O4/c1-15-3-2-4-16-5-6-17-11(14)10-7-9(12)8-13-10/h7-8,13H,2-6,12H2,1H3. The molecule has 0 aliphatic rings. The van der Waals surface area contributed by atoms with Crippen LogP contribution in [0.5, 0.6) is 0 Å². The first-order chi connectivity index (χ1) is 8.24. The van der Waals surface area contributed by atoms with Gasteiger partial charge in [0.2, 0.25) is 0 Å². The fourth-order valence-electron chi connectivity index (χ4n) is 1.21. The van der Waals surface area contributed by atoms with Gasteiger partial charge in [0.15, 0.2) is 0 Å². The maximum atomic E-state index is 11.4. The van der Waals surface area contributed by atoms with E-state index in [-0.39, 0.29) is 6.61 Å². The summed E-state index contributed by atoms with van der Waals surface area (Å²) in [5.41, 5.74) is 6.32. The Morgan fingerprint density at radius 3 is 2.82 bits per heavy atom. The molecule has 1 heterocycles. The van der Waals surface area contributed by atoms with Crippen LogP contribution >= 0.6 is 0 Å². The number of anilines is 1. The largest absolute Gasteiger partial charge is 0.459 e. The van der Waals surface area contributed by atoms with Crippen molar-refractivity contribution in [1.82, 2.24) is 4.98 Å². The van der Waals surface area contributed by atoms with E-state index in [1.807, 2.05) is 0 Å². The van der Waals surface area contributed by atoms with Gasteiger partial charge in [-0.25, -0.2) is 4.79 Å². The summed E-state index contributed by atoms with van der Waals surface area (Å²) in [6, 6.07) is 1.53. The lowest BCUT2D eigenvalue weighted by molar-refractivity contribution is 0.0283. The van der Waals surface area contributed by atoms with Crippen LogP contribution in [0.3, 0.4) is 0 Å². The van der Waals surface area contributed by atoms with Crippen LogP contribution in [0.2, 0.25) is 0 Å². The molecule has 1 rings (SSSR count). The average Bonchev–Trinajstić information content (AvgIpc) is 2.74. The number of rotatable bonds is 8. The fraction of sp³-hybridized carbons (Fsp3) is 0.545. The van der Waals surface area contributed by atoms with E-state index in [2.05, 4.69) is 4.98 Å². The van der Waals surface area contributed by atoms with Crippen LogP contribution < -0.4 is 5.73 Å². The number of hydrogen-bond acceptors (Lipinski definition) is 5. The van der Waals surface area contributed by atoms with Crippen molar-refractivity contribution in [2.45, 2.75) is 6.42 Å². The highest BCUT2D eigenvalue weighted by molar-refractivity contribution is 5.88. The van der Waals surface area contributed by atoms with E-state index in [1.165, 1.54) is 12.3 Å². The van der Waals surface area contributed by atoms with E-state index < -0.39 is 5.97 Å². The molecule has 1 aromatic rings. The second kappa shape index (κ2) is 7.70. The van der Waals surface area contributed by atoms with E-state index in [4.69, 9.17) is 19.9 Å². The number of aromatic amines is 1. The van der Waals surface area contributed by atoms with Gasteiger partial charge in [0.1, 0.15) is 12.3 Å². The number of nitrogens with two attached hydrogens (primary N) is 1. The minimum atomic E-state index is -0.429. The Bertz CT molecular complexity index is 338. The highest BCUT2D eigenvalue weighted by Crippen LogP contribution is 2.05. The Hall–Kier alpha value is -1.53. The first-order valence-corrected chi connectivity index (χ1v) is 5.41. The van der Waals surface area contributed by atoms with Gasteiger partial charge >= 0.3 is 5.97 Å². The summed E-state index contributed by atoms with van der Waals surface area (Å²) in [6.45, 7) is 1.87. The molecule has 6 nitrogen and oxygen atoms in total. The predicted molar refractivity (Wildman–Crippen MR) is 62.8 cm³/mol. The number of aromatic nitrogens is 1. The van der Waals surface area contributed by atoms with Crippen molar-refractivity contribution >= 4 is 11.7 Å². The smallest absolute Gasteiger partial charge is 0.354 e. The second-order valence-corrected chi connectivity index (χ2v) is 3.44. The quantitative estimate of drug-likeness (QED) is 0.520. The zero-order valence-corrected chi connectivity index (χ0v) is 9.90. The van der Waals surface area contributed by atoms with Crippen molar-refractivity contribution in [3.8, 4) is 0 Å². The van der Waals surface area contributed by atoms with Crippen LogP contribution in [0.4, 0.5) is 5.69 Å². The van der Waals surface area contributed by atoms with E-state index in [0.29, 0.717) is 31.2 Å². The second-order valence-electron chi connectivity index (χ2n) is 3.44. The fourth-order valence-corrected chi connectivity index (χ4v) is 1.21. The van der Waals surface area contributed by atoms with E-state index in [9.17, 15) is 4.79 Å². The van der Waals surface area contributed by atoms with Gasteiger partial charge in [-0.05, 0) is 12.5 Å². The Kier molecular flexibility index (Phi) is 6.13. The molecule has 0 fully saturated rings. The van der Waals surface area contributed by atoms with Crippen molar-refractivity contribution in [2.75, 3.05) is 39.3 Å². The highest BCUT2D eigenvalue weighted by Gasteiger charge is 2.08. The lowest BCUT2D eigenvalue weighted by Crippen LogP contribution is -2.12. The summed E-state index contributed by atoms with van der Waals surface area (Å²) in [4.78, 5) is 14.1. The van der Waals surface area contributed by atoms with Crippen molar-refractivity contribution in [1.29, 1.82) is 0 Å². The van der Waals surface area contributed by atoms with Gasteiger partial charge in [0.25, 0.3) is 0 Å². The molecule has 96 valence electrons. The molecule has 3 N–H and O–H groups in total. The van der Waals surface area contributed by atoms with Gasteiger partial charge in [-0.2, -0.15) is 0 Å². The molecule has 0 saturated heterocycles. The Morgan fingerprint density at radius 2 is 2.18 bits per heavy atom. The molecule has 1 aromatic heterocycles. The third kappa shape index (κ3) is 5.37. The number of carbonyl (C=O) groups excluding carboxylic acids is 1. The lowest BCUT2D eigenvalue weighted by Gasteiger charge is -2.04. The molecule has 0 radical (unpaired) electrons. The molecule has 0 bridgehead atoms. The maximum Gasteiger partial charge on any atom is 0.354 e. The highest BCUT2D eigenvalue weighted by atomic mass is 16.6. The summed E-state index contributed by atoms with van der Waals surface area (Å²) >= 11 is 0. The molecule has 0 aliphatic carbocycles. The van der Waals surface area contributed by atoms with Crippen molar-refractivity contribution in [3.63, 3.8) is 0 Å². The molecule has 6 heteroatoms. The normalized spacial score (nSPS) is 10.4. The van der Waals surface area contributed by atoms with Crippen molar-refractivity contribution in [3.05, 3.63) is 18.0 Å². The molecule has 0 spiro atoms. The van der Waals surface area contributed by atoms with Gasteiger partial charge in [-0.15, -0.1) is 0 Å². The SMILES string of the molecule is COCCCOCCOC(=O)c1cc(N)c[nH]1. The topological polar surface area (TPSA) is 86.6 Å². The van der Waals surface area contributed by atoms with E-state index >= 15 is 0 Å². The number of ether oxygens (including phenoxy) is 3.